The van der Waals surface area contributed by atoms with Crippen LogP contribution in [0.15, 0.2) is 0 Å². The maximum absolute atomic E-state index is 9.51. The Morgan fingerprint density at radius 3 is 2.50 bits per heavy atom. The van der Waals surface area contributed by atoms with E-state index in [2.05, 4.69) is 13.8 Å². The van der Waals surface area contributed by atoms with Crippen molar-refractivity contribution in [3.8, 4) is 0 Å². The van der Waals surface area contributed by atoms with Gasteiger partial charge in [0.1, 0.15) is 0 Å². The van der Waals surface area contributed by atoms with E-state index in [-0.39, 0.29) is 6.10 Å². The molecule has 70 valence electrons. The number of rotatable bonds is 2. The molecule has 0 amide bonds. The van der Waals surface area contributed by atoms with E-state index in [0.717, 1.165) is 18.9 Å². The highest BCUT2D eigenvalue weighted by molar-refractivity contribution is 4.97. The van der Waals surface area contributed by atoms with Crippen molar-refractivity contribution in [2.24, 2.45) is 17.3 Å². The fourth-order valence-corrected chi connectivity index (χ4v) is 2.16. The zero-order chi connectivity index (χ0) is 8.77. The van der Waals surface area contributed by atoms with Gasteiger partial charge >= 0.3 is 0 Å². The standard InChI is InChI=1S/C10H18O2/c1-10(2)4-8(10)3-7-5-12-6-9(7)11/h7-9,11H,3-6H2,1-2H3. The van der Waals surface area contributed by atoms with Gasteiger partial charge in [0.25, 0.3) is 0 Å². The van der Waals surface area contributed by atoms with Crippen LogP contribution in [0.3, 0.4) is 0 Å². The Morgan fingerprint density at radius 2 is 2.08 bits per heavy atom. The van der Waals surface area contributed by atoms with Crippen molar-refractivity contribution in [2.45, 2.75) is 32.8 Å². The molecule has 0 aromatic heterocycles. The van der Waals surface area contributed by atoms with Crippen molar-refractivity contribution >= 4 is 0 Å². The van der Waals surface area contributed by atoms with Gasteiger partial charge in [-0.3, -0.25) is 0 Å². The van der Waals surface area contributed by atoms with Gasteiger partial charge in [0.15, 0.2) is 0 Å². The lowest BCUT2D eigenvalue weighted by Gasteiger charge is -2.12. The summed E-state index contributed by atoms with van der Waals surface area (Å²) in [4.78, 5) is 0. The topological polar surface area (TPSA) is 29.5 Å². The van der Waals surface area contributed by atoms with E-state index < -0.39 is 0 Å². The minimum atomic E-state index is -0.193. The third kappa shape index (κ3) is 1.50. The molecule has 12 heavy (non-hydrogen) atoms. The van der Waals surface area contributed by atoms with Gasteiger partial charge in [0.05, 0.1) is 19.3 Å². The van der Waals surface area contributed by atoms with Gasteiger partial charge in [-0.2, -0.15) is 0 Å². The first-order chi connectivity index (χ1) is 5.59. The molecule has 1 aliphatic heterocycles. The van der Waals surface area contributed by atoms with Crippen LogP contribution in [0.25, 0.3) is 0 Å². The number of ether oxygens (including phenoxy) is 1. The minimum absolute atomic E-state index is 0.193. The zero-order valence-corrected chi connectivity index (χ0v) is 7.92. The summed E-state index contributed by atoms with van der Waals surface area (Å²) < 4.78 is 5.22. The lowest BCUT2D eigenvalue weighted by Crippen LogP contribution is -2.18. The van der Waals surface area contributed by atoms with E-state index in [0.29, 0.717) is 17.9 Å². The van der Waals surface area contributed by atoms with Gasteiger partial charge < -0.3 is 9.84 Å². The Bertz CT molecular complexity index is 177. The van der Waals surface area contributed by atoms with Crippen LogP contribution in [0, 0.1) is 17.3 Å². The largest absolute Gasteiger partial charge is 0.390 e. The SMILES string of the molecule is CC1(C)CC1CC1COCC1O. The molecule has 2 nitrogen and oxygen atoms in total. The van der Waals surface area contributed by atoms with Crippen LogP contribution in [0.2, 0.25) is 0 Å². The zero-order valence-electron chi connectivity index (χ0n) is 7.92. The normalized spacial score (nSPS) is 44.8. The third-order valence-corrected chi connectivity index (χ3v) is 3.47. The first-order valence-corrected chi connectivity index (χ1v) is 4.85. The second kappa shape index (κ2) is 2.71. The number of aliphatic hydroxyl groups is 1. The molecule has 0 aromatic rings. The quantitative estimate of drug-likeness (QED) is 0.679. The molecule has 2 fully saturated rings. The van der Waals surface area contributed by atoms with Crippen molar-refractivity contribution in [3.05, 3.63) is 0 Å². The van der Waals surface area contributed by atoms with Crippen LogP contribution in [0.1, 0.15) is 26.7 Å². The van der Waals surface area contributed by atoms with E-state index in [1.54, 1.807) is 0 Å². The first kappa shape index (κ1) is 8.52. The fraction of sp³-hybridized carbons (Fsp3) is 1.00. The summed E-state index contributed by atoms with van der Waals surface area (Å²) in [6, 6.07) is 0. The van der Waals surface area contributed by atoms with Crippen LogP contribution >= 0.6 is 0 Å². The maximum Gasteiger partial charge on any atom is 0.0823 e. The Labute approximate surface area is 73.9 Å². The Hall–Kier alpha value is -0.0800. The van der Waals surface area contributed by atoms with Crippen molar-refractivity contribution in [3.63, 3.8) is 0 Å². The molecule has 2 heteroatoms. The van der Waals surface area contributed by atoms with Crippen molar-refractivity contribution in [2.75, 3.05) is 13.2 Å². The van der Waals surface area contributed by atoms with Crippen molar-refractivity contribution in [1.82, 2.24) is 0 Å². The lowest BCUT2D eigenvalue weighted by atomic mass is 9.96. The van der Waals surface area contributed by atoms with Gasteiger partial charge in [-0.1, -0.05) is 13.8 Å². The van der Waals surface area contributed by atoms with Gasteiger partial charge in [0, 0.05) is 5.92 Å². The van der Waals surface area contributed by atoms with Crippen molar-refractivity contribution < 1.29 is 9.84 Å². The van der Waals surface area contributed by atoms with Crippen molar-refractivity contribution in [1.29, 1.82) is 0 Å². The molecule has 1 heterocycles. The fourth-order valence-electron chi connectivity index (χ4n) is 2.16. The highest BCUT2D eigenvalue weighted by Gasteiger charge is 2.47. The summed E-state index contributed by atoms with van der Waals surface area (Å²) in [6.07, 6.45) is 2.30. The molecule has 1 saturated carbocycles. The molecule has 1 aliphatic carbocycles. The summed E-state index contributed by atoms with van der Waals surface area (Å²) in [5.41, 5.74) is 0.544. The van der Waals surface area contributed by atoms with Crippen LogP contribution in [-0.4, -0.2) is 24.4 Å². The summed E-state index contributed by atoms with van der Waals surface area (Å²) in [5, 5.41) is 9.51. The summed E-state index contributed by atoms with van der Waals surface area (Å²) in [7, 11) is 0. The predicted octanol–water partition coefficient (Wildman–Crippen LogP) is 1.43. The predicted molar refractivity (Wildman–Crippen MR) is 46.8 cm³/mol. The Morgan fingerprint density at radius 1 is 1.42 bits per heavy atom. The van der Waals surface area contributed by atoms with Crippen LogP contribution in [-0.2, 0) is 4.74 Å². The molecule has 1 N–H and O–H groups in total. The number of aliphatic hydroxyl groups excluding tert-OH is 1. The molecule has 3 unspecified atom stereocenters. The smallest absolute Gasteiger partial charge is 0.0823 e. The number of hydrogen-bond donors (Lipinski definition) is 1. The van der Waals surface area contributed by atoms with Gasteiger partial charge in [-0.05, 0) is 24.2 Å². The van der Waals surface area contributed by atoms with E-state index in [9.17, 15) is 5.11 Å². The number of hydrogen-bond acceptors (Lipinski definition) is 2. The highest BCUT2D eigenvalue weighted by Crippen LogP contribution is 2.55. The second-order valence-electron chi connectivity index (χ2n) is 4.99. The summed E-state index contributed by atoms with van der Waals surface area (Å²) in [6.45, 7) is 5.94. The Balaban J connectivity index is 1.80. The molecule has 0 radical (unpaired) electrons. The molecule has 2 rings (SSSR count). The molecule has 0 spiro atoms. The molecular formula is C10H18O2. The molecule has 1 saturated heterocycles. The summed E-state index contributed by atoms with van der Waals surface area (Å²) >= 11 is 0. The third-order valence-electron chi connectivity index (χ3n) is 3.47. The van der Waals surface area contributed by atoms with Crippen LogP contribution in [0.4, 0.5) is 0 Å². The van der Waals surface area contributed by atoms with Gasteiger partial charge in [-0.15, -0.1) is 0 Å². The average molecular weight is 170 g/mol. The lowest BCUT2D eigenvalue weighted by molar-refractivity contribution is 0.115. The Kier molecular flexibility index (Phi) is 1.92. The minimum Gasteiger partial charge on any atom is -0.390 e. The molecule has 0 bridgehead atoms. The van der Waals surface area contributed by atoms with Gasteiger partial charge in [-0.25, -0.2) is 0 Å². The second-order valence-corrected chi connectivity index (χ2v) is 4.99. The highest BCUT2D eigenvalue weighted by atomic mass is 16.5. The molecule has 0 aromatic carbocycles. The van der Waals surface area contributed by atoms with E-state index in [1.165, 1.54) is 6.42 Å². The van der Waals surface area contributed by atoms with Crippen LogP contribution < -0.4 is 0 Å². The average Bonchev–Trinajstić information content (AvgIpc) is 2.39. The molecule has 3 atom stereocenters. The van der Waals surface area contributed by atoms with E-state index >= 15 is 0 Å². The van der Waals surface area contributed by atoms with E-state index in [4.69, 9.17) is 4.74 Å². The monoisotopic (exact) mass is 170 g/mol. The van der Waals surface area contributed by atoms with E-state index in [1.807, 2.05) is 0 Å². The molecule has 2 aliphatic rings. The first-order valence-electron chi connectivity index (χ1n) is 4.85. The summed E-state index contributed by atoms with van der Waals surface area (Å²) in [5.74, 6) is 1.25. The maximum atomic E-state index is 9.51. The molecular weight excluding hydrogens is 152 g/mol. The van der Waals surface area contributed by atoms with Gasteiger partial charge in [0.2, 0.25) is 0 Å². The van der Waals surface area contributed by atoms with Crippen LogP contribution in [0.5, 0.6) is 0 Å².